The van der Waals surface area contributed by atoms with E-state index in [-0.39, 0.29) is 11.7 Å². The zero-order chi connectivity index (χ0) is 15.8. The van der Waals surface area contributed by atoms with Crippen LogP contribution in [-0.2, 0) is 15.3 Å². The van der Waals surface area contributed by atoms with Gasteiger partial charge in [-0.1, -0.05) is 6.07 Å². The molecule has 0 spiro atoms. The van der Waals surface area contributed by atoms with Crippen molar-refractivity contribution in [3.63, 3.8) is 0 Å². The van der Waals surface area contributed by atoms with E-state index in [9.17, 15) is 9.59 Å². The van der Waals surface area contributed by atoms with Gasteiger partial charge in [0, 0.05) is 18.4 Å². The molecule has 7 heteroatoms. The molecule has 0 saturated carbocycles. The number of hydrogen-bond donors (Lipinski definition) is 2. The zero-order valence-corrected chi connectivity index (χ0v) is 12.6. The number of benzene rings is 1. The van der Waals surface area contributed by atoms with Crippen LogP contribution in [0.25, 0.3) is 0 Å². The summed E-state index contributed by atoms with van der Waals surface area (Å²) < 4.78 is 5.11. The average Bonchev–Trinajstić information content (AvgIpc) is 2.45. The summed E-state index contributed by atoms with van der Waals surface area (Å²) in [5, 5.41) is 20.3. The minimum atomic E-state index is -1.06. The largest absolute Gasteiger partial charge is 0.495 e. The molecule has 1 aromatic rings. The number of nitriles is 1. The van der Waals surface area contributed by atoms with Gasteiger partial charge in [-0.2, -0.15) is 17.0 Å². The number of carbonyl (C=O) groups is 2. The molecule has 0 bridgehead atoms. The van der Waals surface area contributed by atoms with Gasteiger partial charge in [0.25, 0.3) is 0 Å². The lowest BCUT2D eigenvalue weighted by atomic mass is 10.1. The molecule has 0 aromatic heterocycles. The number of hydrogen-bond acceptors (Lipinski definition) is 5. The molecule has 0 saturated heterocycles. The smallest absolute Gasteiger partial charge is 0.327 e. The van der Waals surface area contributed by atoms with Gasteiger partial charge in [0.1, 0.15) is 17.9 Å². The van der Waals surface area contributed by atoms with Crippen LogP contribution in [0.4, 0.5) is 0 Å². The number of nitrogens with one attached hydrogen (secondary N) is 1. The molecule has 112 valence electrons. The summed E-state index contributed by atoms with van der Waals surface area (Å²) in [6.07, 6.45) is 0. The van der Waals surface area contributed by atoms with E-state index < -0.39 is 12.0 Å². The van der Waals surface area contributed by atoms with E-state index in [4.69, 9.17) is 15.1 Å². The van der Waals surface area contributed by atoms with Crippen LogP contribution in [0.1, 0.15) is 18.1 Å². The summed E-state index contributed by atoms with van der Waals surface area (Å²) in [5.74, 6) is -0.117. The van der Waals surface area contributed by atoms with Crippen LogP contribution in [0.15, 0.2) is 18.2 Å². The third-order valence-electron chi connectivity index (χ3n) is 2.62. The van der Waals surface area contributed by atoms with Crippen LogP contribution in [0.2, 0.25) is 0 Å². The molecule has 0 heterocycles. The van der Waals surface area contributed by atoms with Crippen molar-refractivity contribution in [3.8, 4) is 11.8 Å². The van der Waals surface area contributed by atoms with Gasteiger partial charge in [-0.05, 0) is 17.7 Å². The third kappa shape index (κ3) is 5.36. The fourth-order valence-corrected chi connectivity index (χ4v) is 2.63. The third-order valence-corrected chi connectivity index (χ3v) is 3.72. The Morgan fingerprint density at radius 2 is 2.24 bits per heavy atom. The van der Waals surface area contributed by atoms with Gasteiger partial charge in [-0.15, -0.1) is 0 Å². The number of carboxylic acids is 1. The number of aliphatic carboxylic acids is 1. The Bertz CT molecular complexity index is 569. The fourth-order valence-electron chi connectivity index (χ4n) is 1.63. The van der Waals surface area contributed by atoms with Crippen LogP contribution in [0, 0.1) is 11.3 Å². The average molecular weight is 308 g/mol. The summed E-state index contributed by atoms with van der Waals surface area (Å²) in [5.41, 5.74) is 1.37. The number of nitrogens with zero attached hydrogens (tertiary/aromatic N) is 1. The lowest BCUT2D eigenvalue weighted by molar-refractivity contribution is -0.140. The maximum Gasteiger partial charge on any atom is 0.327 e. The van der Waals surface area contributed by atoms with Crippen molar-refractivity contribution in [2.45, 2.75) is 18.7 Å². The second kappa shape index (κ2) is 8.17. The molecule has 2 N–H and O–H groups in total. The Hall–Kier alpha value is -2.20. The SMILES string of the molecule is COc1cc(CSCC(NC(C)=O)C(=O)O)ccc1C#N. The summed E-state index contributed by atoms with van der Waals surface area (Å²) in [6.45, 7) is 1.28. The van der Waals surface area contributed by atoms with Crippen LogP contribution in [0.5, 0.6) is 5.75 Å². The predicted octanol–water partition coefficient (Wildman–Crippen LogP) is 1.39. The van der Waals surface area contributed by atoms with Crippen molar-refractivity contribution in [2.24, 2.45) is 0 Å². The minimum absolute atomic E-state index is 0.261. The van der Waals surface area contributed by atoms with Crippen LogP contribution in [0.3, 0.4) is 0 Å². The van der Waals surface area contributed by atoms with Gasteiger partial charge in [-0.3, -0.25) is 4.79 Å². The quantitative estimate of drug-likeness (QED) is 0.789. The second-order valence-electron chi connectivity index (χ2n) is 4.25. The lowest BCUT2D eigenvalue weighted by Crippen LogP contribution is -2.41. The van der Waals surface area contributed by atoms with Crippen molar-refractivity contribution in [1.29, 1.82) is 5.26 Å². The number of rotatable bonds is 7. The molecular formula is C14H16N2O4S. The first-order chi connectivity index (χ1) is 9.97. The maximum absolute atomic E-state index is 11.0. The van der Waals surface area contributed by atoms with E-state index in [0.717, 1.165) is 5.56 Å². The highest BCUT2D eigenvalue weighted by Crippen LogP contribution is 2.22. The highest BCUT2D eigenvalue weighted by molar-refractivity contribution is 7.98. The van der Waals surface area contributed by atoms with Crippen LogP contribution >= 0.6 is 11.8 Å². The van der Waals surface area contributed by atoms with Crippen LogP contribution in [-0.4, -0.2) is 35.9 Å². The van der Waals surface area contributed by atoms with Crippen LogP contribution < -0.4 is 10.1 Å². The molecule has 6 nitrogen and oxygen atoms in total. The molecule has 1 amide bonds. The first-order valence-corrected chi connectivity index (χ1v) is 7.28. The Morgan fingerprint density at radius 1 is 1.52 bits per heavy atom. The van der Waals surface area contributed by atoms with Crippen molar-refractivity contribution in [2.75, 3.05) is 12.9 Å². The second-order valence-corrected chi connectivity index (χ2v) is 5.28. The molecular weight excluding hydrogens is 292 g/mol. The Balaban J connectivity index is 2.61. The Labute approximate surface area is 127 Å². The fraction of sp³-hybridized carbons (Fsp3) is 0.357. The molecule has 0 aliphatic heterocycles. The molecule has 1 atom stereocenters. The monoisotopic (exact) mass is 308 g/mol. The number of carbonyl (C=O) groups excluding carboxylic acids is 1. The van der Waals surface area contributed by atoms with E-state index in [1.54, 1.807) is 18.2 Å². The van der Waals surface area contributed by atoms with E-state index in [1.165, 1.54) is 25.8 Å². The number of ether oxygens (including phenoxy) is 1. The maximum atomic E-state index is 11.0. The van der Waals surface area contributed by atoms with E-state index in [2.05, 4.69) is 5.32 Å². The van der Waals surface area contributed by atoms with E-state index in [0.29, 0.717) is 17.1 Å². The number of methoxy groups -OCH3 is 1. The zero-order valence-electron chi connectivity index (χ0n) is 11.8. The molecule has 0 radical (unpaired) electrons. The van der Waals surface area contributed by atoms with Crippen molar-refractivity contribution >= 4 is 23.6 Å². The Kier molecular flexibility index (Phi) is 6.56. The van der Waals surface area contributed by atoms with Gasteiger partial charge in [0.2, 0.25) is 5.91 Å². The van der Waals surface area contributed by atoms with E-state index in [1.807, 2.05) is 6.07 Å². The summed E-state index contributed by atoms with van der Waals surface area (Å²) in [4.78, 5) is 21.9. The topological polar surface area (TPSA) is 99.4 Å². The molecule has 1 unspecified atom stereocenters. The summed E-state index contributed by atoms with van der Waals surface area (Å²) >= 11 is 1.38. The molecule has 1 aromatic carbocycles. The molecule has 0 fully saturated rings. The van der Waals surface area contributed by atoms with Crippen molar-refractivity contribution < 1.29 is 19.4 Å². The first kappa shape index (κ1) is 16.9. The van der Waals surface area contributed by atoms with Gasteiger partial charge in [0.15, 0.2) is 0 Å². The number of thioether (sulfide) groups is 1. The summed E-state index contributed by atoms with van der Waals surface area (Å²) in [6, 6.07) is 6.33. The minimum Gasteiger partial charge on any atom is -0.495 e. The first-order valence-electron chi connectivity index (χ1n) is 6.12. The van der Waals surface area contributed by atoms with Crippen molar-refractivity contribution in [1.82, 2.24) is 5.32 Å². The lowest BCUT2D eigenvalue weighted by Gasteiger charge is -2.13. The number of amides is 1. The highest BCUT2D eigenvalue weighted by atomic mass is 32.2. The normalized spacial score (nSPS) is 11.3. The highest BCUT2D eigenvalue weighted by Gasteiger charge is 2.18. The predicted molar refractivity (Wildman–Crippen MR) is 79.1 cm³/mol. The van der Waals surface area contributed by atoms with E-state index >= 15 is 0 Å². The van der Waals surface area contributed by atoms with Gasteiger partial charge >= 0.3 is 5.97 Å². The van der Waals surface area contributed by atoms with Gasteiger partial charge < -0.3 is 15.2 Å². The molecule has 0 aliphatic rings. The number of carboxylic acid groups (broad SMARTS) is 1. The van der Waals surface area contributed by atoms with Crippen molar-refractivity contribution in [3.05, 3.63) is 29.3 Å². The summed E-state index contributed by atoms with van der Waals surface area (Å²) in [7, 11) is 1.49. The Morgan fingerprint density at radius 3 is 2.76 bits per heavy atom. The molecule has 1 rings (SSSR count). The molecule has 0 aliphatic carbocycles. The van der Waals surface area contributed by atoms with Gasteiger partial charge in [0.05, 0.1) is 12.7 Å². The van der Waals surface area contributed by atoms with Gasteiger partial charge in [-0.25, -0.2) is 4.79 Å². The standard InChI is InChI=1S/C14H16N2O4S/c1-9(17)16-12(14(18)19)8-21-7-10-3-4-11(6-15)13(5-10)20-2/h3-5,12H,7-8H2,1-2H3,(H,16,17)(H,18,19). The molecule has 21 heavy (non-hydrogen) atoms.